The molecule has 2 atom stereocenters. The molecular formula is C33H37FN2O4. The normalized spacial score (nSPS) is 20.1. The maximum atomic E-state index is 15.2. The fourth-order valence-corrected chi connectivity index (χ4v) is 5.95. The van der Waals surface area contributed by atoms with Gasteiger partial charge in [0.05, 0.1) is 13.2 Å². The maximum absolute atomic E-state index is 15.2. The summed E-state index contributed by atoms with van der Waals surface area (Å²) in [4.78, 5) is 15.6. The van der Waals surface area contributed by atoms with Crippen molar-refractivity contribution in [2.45, 2.75) is 57.9 Å². The summed E-state index contributed by atoms with van der Waals surface area (Å²) in [6.45, 7) is 5.84. The summed E-state index contributed by atoms with van der Waals surface area (Å²) in [6, 6.07) is 17.5. The van der Waals surface area contributed by atoms with Gasteiger partial charge in [0, 0.05) is 30.3 Å². The smallest absolute Gasteiger partial charge is 0.238 e. The van der Waals surface area contributed by atoms with Crippen LogP contribution in [0.25, 0.3) is 0 Å². The molecule has 3 aliphatic rings. The zero-order valence-corrected chi connectivity index (χ0v) is 23.3. The number of para-hydroxylation sites is 1. The van der Waals surface area contributed by atoms with Crippen molar-refractivity contribution < 1.29 is 23.4 Å². The molecule has 1 aliphatic carbocycles. The number of carbonyl (C=O) groups excluding carboxylic acids is 1. The number of benzene rings is 3. The zero-order chi connectivity index (χ0) is 27.6. The molecule has 3 aromatic carbocycles. The first-order valence-corrected chi connectivity index (χ1v) is 14.5. The van der Waals surface area contributed by atoms with Gasteiger partial charge in [-0.1, -0.05) is 44.2 Å². The highest BCUT2D eigenvalue weighted by atomic mass is 19.1. The van der Waals surface area contributed by atoms with E-state index in [1.165, 1.54) is 18.9 Å². The van der Waals surface area contributed by atoms with Gasteiger partial charge in [0.15, 0.2) is 11.5 Å². The molecule has 1 saturated heterocycles. The summed E-state index contributed by atoms with van der Waals surface area (Å²) in [7, 11) is 0. The third-order valence-electron chi connectivity index (χ3n) is 8.39. The fourth-order valence-electron chi connectivity index (χ4n) is 5.95. The summed E-state index contributed by atoms with van der Waals surface area (Å²) in [5, 5.41) is 3.21. The van der Waals surface area contributed by atoms with Crippen LogP contribution in [0.4, 0.5) is 10.1 Å². The SMILES string of the molecule is CCc1cccc(CC)c1NC(=O)CN1C[C@H](c2cc3c(cc2F)OCO3)CC1c1ccc(OCC2CC2)cc1. The topological polar surface area (TPSA) is 60.0 Å². The Balaban J connectivity index is 1.24. The monoisotopic (exact) mass is 544 g/mol. The molecule has 6 rings (SSSR count). The Morgan fingerprint density at radius 2 is 1.73 bits per heavy atom. The van der Waals surface area contributed by atoms with Gasteiger partial charge in [-0.25, -0.2) is 4.39 Å². The highest BCUT2D eigenvalue weighted by molar-refractivity contribution is 5.94. The first-order valence-electron chi connectivity index (χ1n) is 14.5. The van der Waals surface area contributed by atoms with Gasteiger partial charge >= 0.3 is 0 Å². The van der Waals surface area contributed by atoms with Gasteiger partial charge in [0.25, 0.3) is 0 Å². The average Bonchev–Trinajstić information content (AvgIpc) is 3.54. The van der Waals surface area contributed by atoms with Gasteiger partial charge in [-0.05, 0) is 78.5 Å². The number of likely N-dealkylation sites (tertiary alicyclic amines) is 1. The first kappa shape index (κ1) is 26.6. The second-order valence-electron chi connectivity index (χ2n) is 11.1. The number of nitrogens with one attached hydrogen (secondary N) is 1. The molecule has 6 nitrogen and oxygen atoms in total. The minimum Gasteiger partial charge on any atom is -0.493 e. The molecule has 0 spiro atoms. The minimum absolute atomic E-state index is 0.0369. The Morgan fingerprint density at radius 1 is 1.02 bits per heavy atom. The number of amides is 1. The standard InChI is InChI=1S/C33H37FN2O4/c1-3-22-6-5-7-23(4-2)33(22)35-32(37)18-36-17-25(27-15-30-31(16-28(27)34)40-20-39-30)14-29(36)24-10-12-26(13-11-24)38-19-21-8-9-21/h5-7,10-13,15-16,21,25,29H,3-4,8-9,14,17-20H2,1-2H3,(H,35,37)/t25-,29?/m1/s1. The third kappa shape index (κ3) is 5.66. The van der Waals surface area contributed by atoms with Crippen molar-refractivity contribution >= 4 is 11.6 Å². The van der Waals surface area contributed by atoms with Crippen LogP contribution in [-0.4, -0.2) is 37.3 Å². The molecule has 40 heavy (non-hydrogen) atoms. The van der Waals surface area contributed by atoms with E-state index < -0.39 is 0 Å². The predicted octanol–water partition coefficient (Wildman–Crippen LogP) is 6.64. The summed E-state index contributed by atoms with van der Waals surface area (Å²) in [5.41, 5.74) is 4.88. The number of nitrogens with zero attached hydrogens (tertiary/aromatic N) is 1. The molecule has 2 aliphatic heterocycles. The van der Waals surface area contributed by atoms with E-state index in [4.69, 9.17) is 14.2 Å². The molecule has 7 heteroatoms. The number of ether oxygens (including phenoxy) is 3. The van der Waals surface area contributed by atoms with Gasteiger partial charge in [-0.3, -0.25) is 9.69 Å². The van der Waals surface area contributed by atoms with E-state index in [9.17, 15) is 4.79 Å². The lowest BCUT2D eigenvalue weighted by atomic mass is 9.93. The van der Waals surface area contributed by atoms with Crippen molar-refractivity contribution in [3.8, 4) is 17.2 Å². The molecule has 1 N–H and O–H groups in total. The van der Waals surface area contributed by atoms with E-state index in [0.29, 0.717) is 35.9 Å². The van der Waals surface area contributed by atoms with Crippen LogP contribution in [-0.2, 0) is 17.6 Å². The van der Waals surface area contributed by atoms with Gasteiger partial charge in [0.2, 0.25) is 12.7 Å². The highest BCUT2D eigenvalue weighted by Gasteiger charge is 2.37. The van der Waals surface area contributed by atoms with E-state index >= 15 is 4.39 Å². The summed E-state index contributed by atoms with van der Waals surface area (Å²) >= 11 is 0. The van der Waals surface area contributed by atoms with Crippen molar-refractivity contribution in [1.82, 2.24) is 4.90 Å². The average molecular weight is 545 g/mol. The second-order valence-corrected chi connectivity index (χ2v) is 11.1. The van der Waals surface area contributed by atoms with E-state index in [1.807, 2.05) is 18.2 Å². The molecule has 1 unspecified atom stereocenters. The van der Waals surface area contributed by atoms with Gasteiger partial charge in [-0.15, -0.1) is 0 Å². The lowest BCUT2D eigenvalue weighted by molar-refractivity contribution is -0.117. The van der Waals surface area contributed by atoms with Crippen LogP contribution in [0.1, 0.15) is 67.3 Å². The number of carbonyl (C=O) groups is 1. The van der Waals surface area contributed by atoms with Crippen molar-refractivity contribution in [3.63, 3.8) is 0 Å². The molecule has 3 aromatic rings. The maximum Gasteiger partial charge on any atom is 0.238 e. The van der Waals surface area contributed by atoms with Gasteiger partial charge in [-0.2, -0.15) is 0 Å². The van der Waals surface area contributed by atoms with Crippen molar-refractivity contribution in [1.29, 1.82) is 0 Å². The van der Waals surface area contributed by atoms with E-state index in [0.717, 1.165) is 47.6 Å². The van der Waals surface area contributed by atoms with Gasteiger partial charge in [0.1, 0.15) is 11.6 Å². The lowest BCUT2D eigenvalue weighted by Gasteiger charge is -2.25. The number of hydrogen-bond acceptors (Lipinski definition) is 5. The fraction of sp³-hybridized carbons (Fsp3) is 0.424. The van der Waals surface area contributed by atoms with E-state index in [1.54, 1.807) is 6.07 Å². The third-order valence-corrected chi connectivity index (χ3v) is 8.39. The Morgan fingerprint density at radius 3 is 2.40 bits per heavy atom. The number of aryl methyl sites for hydroxylation is 2. The van der Waals surface area contributed by atoms with E-state index in [-0.39, 0.29) is 37.0 Å². The summed E-state index contributed by atoms with van der Waals surface area (Å²) in [6.07, 6.45) is 4.87. The quantitative estimate of drug-likeness (QED) is 0.310. The van der Waals surface area contributed by atoms with Crippen LogP contribution in [0.3, 0.4) is 0 Å². The molecule has 210 valence electrons. The molecule has 2 fully saturated rings. The molecule has 1 amide bonds. The van der Waals surface area contributed by atoms with Gasteiger partial charge < -0.3 is 19.5 Å². The molecule has 0 bridgehead atoms. The Hall–Kier alpha value is -3.58. The lowest BCUT2D eigenvalue weighted by Crippen LogP contribution is -2.33. The number of fused-ring (bicyclic) bond motifs is 1. The van der Waals surface area contributed by atoms with Crippen LogP contribution in [0, 0.1) is 11.7 Å². The largest absolute Gasteiger partial charge is 0.493 e. The van der Waals surface area contributed by atoms with Crippen LogP contribution >= 0.6 is 0 Å². The van der Waals surface area contributed by atoms with Crippen molar-refractivity contribution in [3.05, 3.63) is 82.7 Å². The zero-order valence-electron chi connectivity index (χ0n) is 23.3. The van der Waals surface area contributed by atoms with Crippen molar-refractivity contribution in [2.24, 2.45) is 5.92 Å². The molecule has 1 saturated carbocycles. The van der Waals surface area contributed by atoms with Crippen molar-refractivity contribution in [2.75, 3.05) is 31.8 Å². The number of hydrogen-bond donors (Lipinski definition) is 1. The Labute approximate surface area is 235 Å². The van der Waals surface area contributed by atoms with Crippen LogP contribution in [0.5, 0.6) is 17.2 Å². The predicted molar refractivity (Wildman–Crippen MR) is 153 cm³/mol. The number of rotatable bonds is 10. The number of halogens is 1. The highest BCUT2D eigenvalue weighted by Crippen LogP contribution is 2.44. The Kier molecular flexibility index (Phi) is 7.65. The van der Waals surface area contributed by atoms with Crippen LogP contribution in [0.2, 0.25) is 0 Å². The minimum atomic E-state index is -0.299. The molecule has 0 aromatic heterocycles. The Bertz CT molecular complexity index is 1350. The van der Waals surface area contributed by atoms with E-state index in [2.05, 4.69) is 48.3 Å². The molecule has 0 radical (unpaired) electrons. The van der Waals surface area contributed by atoms with Crippen LogP contribution < -0.4 is 19.5 Å². The summed E-state index contributed by atoms with van der Waals surface area (Å²) in [5.74, 6) is 2.11. The molecule has 2 heterocycles. The summed E-state index contributed by atoms with van der Waals surface area (Å²) < 4.78 is 32.1. The number of anilines is 1. The molecular weight excluding hydrogens is 507 g/mol. The first-order chi connectivity index (χ1) is 19.5. The van der Waals surface area contributed by atoms with Crippen LogP contribution in [0.15, 0.2) is 54.6 Å². The second kappa shape index (κ2) is 11.5.